The lowest BCUT2D eigenvalue weighted by molar-refractivity contribution is -0.139. The average molecular weight is 523 g/mol. The van der Waals surface area contributed by atoms with Crippen LogP contribution in [-0.2, 0) is 16.6 Å². The van der Waals surface area contributed by atoms with Gasteiger partial charge in [0.1, 0.15) is 28.5 Å². The van der Waals surface area contributed by atoms with Crippen LogP contribution in [-0.4, -0.2) is 30.6 Å². The summed E-state index contributed by atoms with van der Waals surface area (Å²) in [7, 11) is 0. The maximum absolute atomic E-state index is 13.2. The molecule has 2 aliphatic rings. The summed E-state index contributed by atoms with van der Waals surface area (Å²) in [4.78, 5) is 20.5. The van der Waals surface area contributed by atoms with E-state index < -0.39 is 23.3 Å². The van der Waals surface area contributed by atoms with Gasteiger partial charge in [0.15, 0.2) is 0 Å². The highest BCUT2D eigenvalue weighted by atomic mass is 19.4. The van der Waals surface area contributed by atoms with Crippen molar-refractivity contribution in [2.75, 3.05) is 5.73 Å². The SMILES string of the molecule is CC(O)(c1ccc(-c2nc(C3C[C@@H]4C(C(=O)O)[C@@H]4C3)n3ccnc(N)c23)cc1)c1cccc(C(F)(F)F)c1. The van der Waals surface area contributed by atoms with Crippen molar-refractivity contribution in [3.8, 4) is 11.3 Å². The molecular formula is C28H25F3N4O3. The Morgan fingerprint density at radius 2 is 1.71 bits per heavy atom. The summed E-state index contributed by atoms with van der Waals surface area (Å²) < 4.78 is 41.6. The molecule has 4 N–H and O–H groups in total. The van der Waals surface area contributed by atoms with Crippen molar-refractivity contribution in [2.24, 2.45) is 17.8 Å². The van der Waals surface area contributed by atoms with Crippen molar-refractivity contribution >= 4 is 17.3 Å². The van der Waals surface area contributed by atoms with Gasteiger partial charge in [-0.1, -0.05) is 36.4 Å². The molecule has 6 rings (SSSR count). The van der Waals surface area contributed by atoms with E-state index in [0.717, 1.165) is 30.8 Å². The van der Waals surface area contributed by atoms with Crippen LogP contribution in [0.25, 0.3) is 16.8 Å². The molecule has 3 unspecified atom stereocenters. The zero-order valence-corrected chi connectivity index (χ0v) is 20.4. The van der Waals surface area contributed by atoms with Gasteiger partial charge < -0.3 is 15.9 Å². The Kier molecular flexibility index (Phi) is 5.33. The van der Waals surface area contributed by atoms with Crippen LogP contribution in [0.1, 0.15) is 48.2 Å². The third-order valence-electron chi connectivity index (χ3n) is 8.18. The monoisotopic (exact) mass is 522 g/mol. The molecule has 7 nitrogen and oxygen atoms in total. The van der Waals surface area contributed by atoms with Crippen molar-refractivity contribution < 1.29 is 28.2 Å². The summed E-state index contributed by atoms with van der Waals surface area (Å²) in [5.74, 6) is 0.551. The molecule has 0 bridgehead atoms. The van der Waals surface area contributed by atoms with Crippen LogP contribution in [0.5, 0.6) is 0 Å². The van der Waals surface area contributed by atoms with Crippen LogP contribution < -0.4 is 5.73 Å². The second-order valence-electron chi connectivity index (χ2n) is 10.4. The predicted octanol–water partition coefficient (Wildman–Crippen LogP) is 5.08. The van der Waals surface area contributed by atoms with Crippen LogP contribution in [0.15, 0.2) is 60.9 Å². The number of aliphatic carboxylic acids is 1. The lowest BCUT2D eigenvalue weighted by atomic mass is 9.87. The van der Waals surface area contributed by atoms with Gasteiger partial charge in [0.2, 0.25) is 0 Å². The van der Waals surface area contributed by atoms with Gasteiger partial charge in [-0.05, 0) is 54.9 Å². The van der Waals surface area contributed by atoms with E-state index in [0.29, 0.717) is 28.2 Å². The first kappa shape index (κ1) is 24.4. The van der Waals surface area contributed by atoms with Crippen molar-refractivity contribution in [1.29, 1.82) is 0 Å². The highest BCUT2D eigenvalue weighted by molar-refractivity contribution is 5.85. The Balaban J connectivity index is 1.34. The molecule has 0 saturated heterocycles. The molecule has 2 saturated carbocycles. The number of benzene rings is 2. The van der Waals surface area contributed by atoms with E-state index in [1.807, 2.05) is 4.40 Å². The highest BCUT2D eigenvalue weighted by Gasteiger charge is 2.60. The van der Waals surface area contributed by atoms with Crippen molar-refractivity contribution in [1.82, 2.24) is 14.4 Å². The van der Waals surface area contributed by atoms with E-state index in [1.54, 1.807) is 36.7 Å². The number of carbonyl (C=O) groups is 1. The van der Waals surface area contributed by atoms with Crippen LogP contribution in [0, 0.1) is 17.8 Å². The van der Waals surface area contributed by atoms with Crippen LogP contribution in [0.2, 0.25) is 0 Å². The second kappa shape index (κ2) is 8.29. The van der Waals surface area contributed by atoms with Crippen LogP contribution in [0.4, 0.5) is 19.0 Å². The minimum Gasteiger partial charge on any atom is -0.481 e. The first-order valence-corrected chi connectivity index (χ1v) is 12.3. The molecule has 5 atom stereocenters. The third-order valence-corrected chi connectivity index (χ3v) is 8.18. The minimum atomic E-state index is -4.52. The molecule has 196 valence electrons. The molecular weight excluding hydrogens is 497 g/mol. The fourth-order valence-electron chi connectivity index (χ4n) is 6.11. The molecule has 2 fully saturated rings. The number of nitrogens with two attached hydrogens (primary N) is 1. The van der Waals surface area contributed by atoms with Gasteiger partial charge in [-0.3, -0.25) is 9.20 Å². The number of aliphatic hydroxyl groups is 1. The average Bonchev–Trinajstić information content (AvgIpc) is 3.20. The molecule has 2 heterocycles. The van der Waals surface area contributed by atoms with E-state index in [1.165, 1.54) is 19.1 Å². The largest absolute Gasteiger partial charge is 0.481 e. The zero-order valence-electron chi connectivity index (χ0n) is 20.4. The Bertz CT molecular complexity index is 1550. The molecule has 38 heavy (non-hydrogen) atoms. The first-order valence-electron chi connectivity index (χ1n) is 12.3. The molecule has 2 aromatic heterocycles. The number of nitrogens with zero attached hydrogens (tertiary/aromatic N) is 3. The number of carboxylic acids is 1. The van der Waals surface area contributed by atoms with Crippen molar-refractivity contribution in [3.63, 3.8) is 0 Å². The molecule has 0 aliphatic heterocycles. The predicted molar refractivity (Wildman–Crippen MR) is 133 cm³/mol. The van der Waals surface area contributed by atoms with Gasteiger partial charge in [-0.25, -0.2) is 9.97 Å². The number of alkyl halides is 3. The summed E-state index contributed by atoms with van der Waals surface area (Å²) in [6.45, 7) is 1.46. The summed E-state index contributed by atoms with van der Waals surface area (Å²) in [5, 5.41) is 20.6. The number of carboxylic acid groups (broad SMARTS) is 1. The van der Waals surface area contributed by atoms with Gasteiger partial charge in [0.05, 0.1) is 11.5 Å². The normalized spacial score (nSPS) is 24.2. The molecule has 0 spiro atoms. The standard InChI is InChI=1S/C28H25F3N4O3/c1-27(38,17-3-2-4-18(13-17)28(29,30)31)16-7-5-14(6-8-16)22-23-24(32)33-9-10-35(23)25(34-22)15-11-19-20(12-15)21(19)26(36)37/h2-10,13,15,19-21,38H,11-12H2,1H3,(H2,32,33)(H,36,37)/t15?,19-,20+,21?,27?. The molecule has 4 aromatic rings. The van der Waals surface area contributed by atoms with Gasteiger partial charge in [-0.15, -0.1) is 0 Å². The first-order chi connectivity index (χ1) is 18.0. The Hall–Kier alpha value is -3.92. The molecule has 2 aliphatic carbocycles. The van der Waals surface area contributed by atoms with E-state index in [-0.39, 0.29) is 29.2 Å². The Morgan fingerprint density at radius 1 is 1.05 bits per heavy atom. The number of imidazole rings is 1. The van der Waals surface area contributed by atoms with E-state index in [2.05, 4.69) is 4.98 Å². The van der Waals surface area contributed by atoms with Crippen LogP contribution in [0.3, 0.4) is 0 Å². The van der Waals surface area contributed by atoms with Gasteiger partial charge in [0, 0.05) is 23.9 Å². The molecule has 0 radical (unpaired) electrons. The number of anilines is 1. The molecule has 10 heteroatoms. The molecule has 2 aromatic carbocycles. The van der Waals surface area contributed by atoms with E-state index in [9.17, 15) is 28.2 Å². The summed E-state index contributed by atoms with van der Waals surface area (Å²) >= 11 is 0. The van der Waals surface area contributed by atoms with Gasteiger partial charge >= 0.3 is 12.1 Å². The highest BCUT2D eigenvalue weighted by Crippen LogP contribution is 2.62. The topological polar surface area (TPSA) is 114 Å². The van der Waals surface area contributed by atoms with Gasteiger partial charge in [0.25, 0.3) is 0 Å². The quantitative estimate of drug-likeness (QED) is 0.337. The lowest BCUT2D eigenvalue weighted by Gasteiger charge is -2.25. The minimum absolute atomic E-state index is 0.101. The Morgan fingerprint density at radius 3 is 2.34 bits per heavy atom. The summed E-state index contributed by atoms with van der Waals surface area (Å²) in [6, 6.07) is 11.5. The smallest absolute Gasteiger partial charge is 0.416 e. The number of rotatable bonds is 5. The number of hydrogen-bond donors (Lipinski definition) is 3. The summed E-state index contributed by atoms with van der Waals surface area (Å²) in [5.41, 5.74) is 6.26. The second-order valence-corrected chi connectivity index (χ2v) is 10.4. The van der Waals surface area contributed by atoms with Crippen molar-refractivity contribution in [2.45, 2.75) is 37.5 Å². The maximum Gasteiger partial charge on any atom is 0.416 e. The number of nitrogen functional groups attached to an aromatic ring is 1. The lowest BCUT2D eigenvalue weighted by Crippen LogP contribution is -2.23. The fourth-order valence-corrected chi connectivity index (χ4v) is 6.11. The number of fused-ring (bicyclic) bond motifs is 2. The maximum atomic E-state index is 13.2. The third kappa shape index (κ3) is 3.82. The number of aromatic nitrogens is 3. The fraction of sp³-hybridized carbons (Fsp3) is 0.321. The van der Waals surface area contributed by atoms with E-state index in [4.69, 9.17) is 10.7 Å². The molecule has 0 amide bonds. The summed E-state index contributed by atoms with van der Waals surface area (Å²) in [6.07, 6.45) is 0.381. The van der Waals surface area contributed by atoms with Crippen LogP contribution >= 0.6 is 0 Å². The van der Waals surface area contributed by atoms with E-state index >= 15 is 0 Å². The zero-order chi connectivity index (χ0) is 27.0. The number of halogens is 3. The van der Waals surface area contributed by atoms with Gasteiger partial charge in [-0.2, -0.15) is 13.2 Å². The van der Waals surface area contributed by atoms with Crippen molar-refractivity contribution in [3.05, 3.63) is 83.4 Å². The Labute approximate surface area is 215 Å². The number of hydrogen-bond acceptors (Lipinski definition) is 5.